The zero-order valence-electron chi connectivity index (χ0n) is 19.0. The van der Waals surface area contributed by atoms with Crippen LogP contribution in [0.4, 0.5) is 0 Å². The van der Waals surface area contributed by atoms with Crippen LogP contribution in [-0.4, -0.2) is 58.4 Å². The molecule has 1 N–H and O–H groups in total. The van der Waals surface area contributed by atoms with Crippen molar-refractivity contribution in [2.24, 2.45) is 0 Å². The van der Waals surface area contributed by atoms with Crippen LogP contribution in [0.15, 0.2) is 24.3 Å². The second-order valence-electron chi connectivity index (χ2n) is 7.57. The topological polar surface area (TPSA) is 95.6 Å². The fraction of sp³-hybridized carbons (Fsp3) is 0.333. The first-order chi connectivity index (χ1) is 16.0. The molecule has 0 aromatic heterocycles. The molecule has 9 nitrogen and oxygen atoms in total. The third-order valence-electron chi connectivity index (χ3n) is 5.72. The molecule has 2 aliphatic heterocycles. The standard InChI is InChI=1S/C24H26N2O7/c1-26-10-9-15-16(21-23(33-13-32-21)22(31-4)20(15)24(26)28)12-25-19(27)8-6-14-5-7-17(29-2)18(11-14)30-3/h5-8,11H,9-10,12-13H2,1-4H3,(H,25,27)/b8-6+. The molecule has 4 rings (SSSR count). The molecule has 174 valence electrons. The third kappa shape index (κ3) is 4.13. The average molecular weight is 454 g/mol. The number of fused-ring (bicyclic) bond motifs is 2. The monoisotopic (exact) mass is 454 g/mol. The summed E-state index contributed by atoms with van der Waals surface area (Å²) in [6, 6.07) is 5.38. The Hall–Kier alpha value is -3.88. The summed E-state index contributed by atoms with van der Waals surface area (Å²) in [6.45, 7) is 0.775. The first-order valence-electron chi connectivity index (χ1n) is 10.4. The number of amides is 2. The van der Waals surface area contributed by atoms with E-state index in [1.165, 1.54) is 13.2 Å². The summed E-state index contributed by atoms with van der Waals surface area (Å²) in [5.41, 5.74) is 2.78. The van der Waals surface area contributed by atoms with E-state index in [1.807, 2.05) is 6.07 Å². The minimum absolute atomic E-state index is 0.0266. The van der Waals surface area contributed by atoms with E-state index in [2.05, 4.69) is 5.32 Å². The highest BCUT2D eigenvalue weighted by atomic mass is 16.7. The molecule has 2 aliphatic rings. The van der Waals surface area contributed by atoms with E-state index in [1.54, 1.807) is 44.4 Å². The van der Waals surface area contributed by atoms with Crippen LogP contribution in [0.1, 0.15) is 27.0 Å². The molecule has 0 saturated carbocycles. The highest BCUT2D eigenvalue weighted by Crippen LogP contribution is 2.49. The number of carbonyl (C=O) groups is 2. The van der Waals surface area contributed by atoms with E-state index >= 15 is 0 Å². The molecular formula is C24H26N2O7. The molecule has 0 saturated heterocycles. The van der Waals surface area contributed by atoms with Gasteiger partial charge in [-0.1, -0.05) is 6.07 Å². The van der Waals surface area contributed by atoms with Gasteiger partial charge in [-0.05, 0) is 35.8 Å². The van der Waals surface area contributed by atoms with Crippen LogP contribution in [-0.2, 0) is 17.8 Å². The van der Waals surface area contributed by atoms with Gasteiger partial charge in [-0.3, -0.25) is 9.59 Å². The van der Waals surface area contributed by atoms with Crippen LogP contribution in [0.25, 0.3) is 6.08 Å². The molecule has 0 fully saturated rings. The van der Waals surface area contributed by atoms with Crippen molar-refractivity contribution in [2.75, 3.05) is 41.7 Å². The number of carbonyl (C=O) groups excluding carboxylic acids is 2. The summed E-state index contributed by atoms with van der Waals surface area (Å²) in [5.74, 6) is 2.02. The predicted octanol–water partition coefficient (Wildman–Crippen LogP) is 2.40. The lowest BCUT2D eigenvalue weighted by molar-refractivity contribution is -0.116. The number of rotatable bonds is 7. The molecule has 0 spiro atoms. The molecule has 9 heteroatoms. The third-order valence-corrected chi connectivity index (χ3v) is 5.72. The van der Waals surface area contributed by atoms with Gasteiger partial charge in [0.15, 0.2) is 23.0 Å². The number of nitrogens with one attached hydrogen (secondary N) is 1. The predicted molar refractivity (Wildman–Crippen MR) is 120 cm³/mol. The molecule has 0 atom stereocenters. The van der Waals surface area contributed by atoms with E-state index in [-0.39, 0.29) is 25.2 Å². The minimum atomic E-state index is -0.290. The van der Waals surface area contributed by atoms with Crippen LogP contribution in [0.5, 0.6) is 28.7 Å². The quantitative estimate of drug-likeness (QED) is 0.642. The van der Waals surface area contributed by atoms with E-state index in [4.69, 9.17) is 23.7 Å². The Morgan fingerprint density at radius 2 is 1.88 bits per heavy atom. The molecule has 2 aromatic carbocycles. The van der Waals surface area contributed by atoms with Gasteiger partial charge in [0.25, 0.3) is 5.91 Å². The summed E-state index contributed by atoms with van der Waals surface area (Å²) in [4.78, 5) is 27.1. The summed E-state index contributed by atoms with van der Waals surface area (Å²) >= 11 is 0. The fourth-order valence-corrected chi connectivity index (χ4v) is 4.03. The highest BCUT2D eigenvalue weighted by molar-refractivity contribution is 6.01. The molecule has 0 radical (unpaired) electrons. The minimum Gasteiger partial charge on any atom is -0.493 e. The summed E-state index contributed by atoms with van der Waals surface area (Å²) in [7, 11) is 6.37. The lowest BCUT2D eigenvalue weighted by atomic mass is 9.91. The number of hydrogen-bond donors (Lipinski definition) is 1. The molecule has 0 aliphatic carbocycles. The second kappa shape index (κ2) is 9.32. The lowest BCUT2D eigenvalue weighted by Gasteiger charge is -2.28. The van der Waals surface area contributed by atoms with Crippen LogP contribution >= 0.6 is 0 Å². The summed E-state index contributed by atoms with van der Waals surface area (Å²) < 4.78 is 27.3. The van der Waals surface area contributed by atoms with E-state index < -0.39 is 0 Å². The van der Waals surface area contributed by atoms with Gasteiger partial charge in [0.2, 0.25) is 18.4 Å². The molecule has 33 heavy (non-hydrogen) atoms. The number of methoxy groups -OCH3 is 3. The van der Waals surface area contributed by atoms with Crippen molar-refractivity contribution < 1.29 is 33.3 Å². The van der Waals surface area contributed by atoms with Crippen LogP contribution in [0, 0.1) is 0 Å². The zero-order chi connectivity index (χ0) is 23.5. The van der Waals surface area contributed by atoms with Crippen molar-refractivity contribution in [2.45, 2.75) is 13.0 Å². The Morgan fingerprint density at radius 3 is 2.61 bits per heavy atom. The number of likely N-dealkylation sites (N-methyl/N-ethyl adjacent to an activating group) is 1. The number of hydrogen-bond acceptors (Lipinski definition) is 7. The average Bonchev–Trinajstić information content (AvgIpc) is 3.32. The summed E-state index contributed by atoms with van der Waals surface area (Å²) in [5, 5.41) is 2.88. The molecule has 2 amide bonds. The lowest BCUT2D eigenvalue weighted by Crippen LogP contribution is -2.35. The van der Waals surface area contributed by atoms with Crippen molar-refractivity contribution in [3.8, 4) is 28.7 Å². The van der Waals surface area contributed by atoms with Gasteiger partial charge in [0.1, 0.15) is 0 Å². The number of nitrogens with zero attached hydrogens (tertiary/aromatic N) is 1. The van der Waals surface area contributed by atoms with Gasteiger partial charge in [-0.15, -0.1) is 0 Å². The van der Waals surface area contributed by atoms with Crippen molar-refractivity contribution >= 4 is 17.9 Å². The van der Waals surface area contributed by atoms with E-state index in [0.29, 0.717) is 47.3 Å². The normalized spacial score (nSPS) is 14.3. The Balaban J connectivity index is 1.57. The van der Waals surface area contributed by atoms with Crippen molar-refractivity contribution in [1.29, 1.82) is 0 Å². The Morgan fingerprint density at radius 1 is 1.12 bits per heavy atom. The van der Waals surface area contributed by atoms with Gasteiger partial charge in [0.05, 0.1) is 26.9 Å². The first-order valence-corrected chi connectivity index (χ1v) is 10.4. The van der Waals surface area contributed by atoms with Crippen molar-refractivity contribution in [3.63, 3.8) is 0 Å². The molecule has 0 unspecified atom stereocenters. The van der Waals surface area contributed by atoms with Crippen LogP contribution in [0.2, 0.25) is 0 Å². The maximum atomic E-state index is 12.9. The van der Waals surface area contributed by atoms with Gasteiger partial charge in [-0.2, -0.15) is 0 Å². The molecule has 2 heterocycles. The maximum Gasteiger partial charge on any atom is 0.257 e. The van der Waals surface area contributed by atoms with Crippen LogP contribution < -0.4 is 29.0 Å². The molecule has 2 aromatic rings. The van der Waals surface area contributed by atoms with Gasteiger partial charge >= 0.3 is 0 Å². The Bertz CT molecular complexity index is 1130. The number of benzene rings is 2. The second-order valence-corrected chi connectivity index (χ2v) is 7.57. The summed E-state index contributed by atoms with van der Waals surface area (Å²) in [6.07, 6.45) is 3.74. The first kappa shape index (κ1) is 22.3. The van der Waals surface area contributed by atoms with Gasteiger partial charge < -0.3 is 33.9 Å². The number of ether oxygens (including phenoxy) is 5. The largest absolute Gasteiger partial charge is 0.493 e. The smallest absolute Gasteiger partial charge is 0.257 e. The SMILES string of the molecule is COc1ccc(/C=C/C(=O)NCc2c3c(c(OC)c4c2OCO4)C(=O)N(C)CC3)cc1OC. The van der Waals surface area contributed by atoms with Crippen LogP contribution in [0.3, 0.4) is 0 Å². The maximum absolute atomic E-state index is 12.9. The van der Waals surface area contributed by atoms with Crippen molar-refractivity contribution in [1.82, 2.24) is 10.2 Å². The van der Waals surface area contributed by atoms with Gasteiger partial charge in [-0.25, -0.2) is 0 Å². The van der Waals surface area contributed by atoms with Crippen molar-refractivity contribution in [3.05, 3.63) is 46.5 Å². The van der Waals surface area contributed by atoms with E-state index in [0.717, 1.165) is 16.7 Å². The Labute approximate surface area is 191 Å². The fourth-order valence-electron chi connectivity index (χ4n) is 4.03. The highest BCUT2D eigenvalue weighted by Gasteiger charge is 2.36. The van der Waals surface area contributed by atoms with Gasteiger partial charge in [0, 0.05) is 31.8 Å². The Kier molecular flexibility index (Phi) is 6.30. The zero-order valence-corrected chi connectivity index (χ0v) is 19.0. The van der Waals surface area contributed by atoms with E-state index in [9.17, 15) is 9.59 Å². The molecular weight excluding hydrogens is 428 g/mol. The molecule has 0 bridgehead atoms.